The second-order valence-electron chi connectivity index (χ2n) is 8.12. The van der Waals surface area contributed by atoms with Gasteiger partial charge < -0.3 is 4.74 Å². The number of esters is 1. The third kappa shape index (κ3) is 4.49. The molecule has 4 rings (SSSR count). The first-order valence-electron chi connectivity index (χ1n) is 10.7. The Bertz CT molecular complexity index is 1400. The minimum atomic E-state index is -3.46. The van der Waals surface area contributed by atoms with Gasteiger partial charge in [-0.25, -0.2) is 18.1 Å². The normalized spacial score (nSPS) is 13.2. The Morgan fingerprint density at radius 3 is 2.32 bits per heavy atom. The van der Waals surface area contributed by atoms with Crippen LogP contribution in [0, 0.1) is 13.8 Å². The van der Waals surface area contributed by atoms with Crippen molar-refractivity contribution >= 4 is 33.3 Å². The van der Waals surface area contributed by atoms with Crippen LogP contribution in [0.25, 0.3) is 0 Å². The highest BCUT2D eigenvalue weighted by molar-refractivity contribution is 7.91. The number of anilines is 1. The number of hydrogen-bond acceptors (Lipinski definition) is 6. The number of hydrogen-bond donors (Lipinski definition) is 0. The number of nitrogens with zero attached hydrogens (tertiary/aromatic N) is 1. The first-order chi connectivity index (χ1) is 16.2. The summed E-state index contributed by atoms with van der Waals surface area (Å²) in [6.07, 6.45) is 0.131. The van der Waals surface area contributed by atoms with Crippen molar-refractivity contribution in [1.29, 1.82) is 0 Å². The van der Waals surface area contributed by atoms with E-state index >= 15 is 0 Å². The molecule has 1 heterocycles. The van der Waals surface area contributed by atoms with Crippen molar-refractivity contribution < 1.29 is 27.5 Å². The van der Waals surface area contributed by atoms with Crippen LogP contribution in [-0.4, -0.2) is 38.6 Å². The summed E-state index contributed by atoms with van der Waals surface area (Å²) in [7, 11) is -3.46. The minimum absolute atomic E-state index is 0.0938. The molecule has 1 aliphatic rings. The summed E-state index contributed by atoms with van der Waals surface area (Å²) in [5.74, 6) is -1.80. The van der Waals surface area contributed by atoms with Gasteiger partial charge in [-0.15, -0.1) is 0 Å². The predicted octanol–water partition coefficient (Wildman–Crippen LogP) is 4.12. The molecule has 0 aromatic heterocycles. The fourth-order valence-electron chi connectivity index (χ4n) is 3.79. The lowest BCUT2D eigenvalue weighted by Gasteiger charge is -2.17. The fourth-order valence-corrected chi connectivity index (χ4v) is 5.10. The molecule has 0 unspecified atom stereocenters. The van der Waals surface area contributed by atoms with Crippen LogP contribution in [0.2, 0.25) is 0 Å². The van der Waals surface area contributed by atoms with Crippen molar-refractivity contribution in [2.24, 2.45) is 0 Å². The van der Waals surface area contributed by atoms with Crippen LogP contribution in [0.4, 0.5) is 5.69 Å². The molecule has 0 spiro atoms. The Labute approximate surface area is 197 Å². The van der Waals surface area contributed by atoms with Crippen LogP contribution >= 0.6 is 0 Å². The van der Waals surface area contributed by atoms with E-state index in [1.54, 1.807) is 24.3 Å². The topological polar surface area (TPSA) is 97.8 Å². The summed E-state index contributed by atoms with van der Waals surface area (Å²) in [5, 5.41) is 0. The van der Waals surface area contributed by atoms with Crippen LogP contribution in [0.1, 0.15) is 48.6 Å². The summed E-state index contributed by atoms with van der Waals surface area (Å²) in [6, 6.07) is 17.8. The molecule has 174 valence electrons. The van der Waals surface area contributed by atoms with E-state index in [0.717, 1.165) is 16.0 Å². The number of amides is 2. The third-order valence-corrected chi connectivity index (χ3v) is 7.44. The van der Waals surface area contributed by atoms with Gasteiger partial charge in [0.15, 0.2) is 9.84 Å². The van der Waals surface area contributed by atoms with Crippen LogP contribution < -0.4 is 4.90 Å². The van der Waals surface area contributed by atoms with E-state index in [-0.39, 0.29) is 40.4 Å². The molecule has 0 N–H and O–H groups in total. The molecular formula is C26H23NO6S. The molecule has 0 radical (unpaired) electrons. The first-order valence-corrected chi connectivity index (χ1v) is 12.4. The molecule has 7 nitrogen and oxygen atoms in total. The Hall–Kier alpha value is -3.78. The minimum Gasteiger partial charge on any atom is -0.462 e. The molecule has 2 amide bonds. The SMILES string of the molecule is Cc1ccc(C)c(N2C(=O)c3ccc(C(=O)OCCCS(=O)(=O)c4ccccc4)cc3C2=O)c1. The highest BCUT2D eigenvalue weighted by atomic mass is 32.2. The Morgan fingerprint density at radius 2 is 1.59 bits per heavy atom. The van der Waals surface area contributed by atoms with E-state index in [0.29, 0.717) is 5.69 Å². The lowest BCUT2D eigenvalue weighted by atomic mass is 10.1. The largest absolute Gasteiger partial charge is 0.462 e. The van der Waals surface area contributed by atoms with E-state index in [2.05, 4.69) is 0 Å². The molecule has 0 bridgehead atoms. The van der Waals surface area contributed by atoms with E-state index in [1.165, 1.54) is 30.3 Å². The predicted molar refractivity (Wildman–Crippen MR) is 127 cm³/mol. The fraction of sp³-hybridized carbons (Fsp3) is 0.192. The molecule has 0 atom stereocenters. The smallest absolute Gasteiger partial charge is 0.338 e. The summed E-state index contributed by atoms with van der Waals surface area (Å²) in [6.45, 7) is 3.60. The average Bonchev–Trinajstić information content (AvgIpc) is 3.08. The molecule has 0 fully saturated rings. The van der Waals surface area contributed by atoms with Gasteiger partial charge in [-0.3, -0.25) is 9.59 Å². The second kappa shape index (κ2) is 9.23. The maximum absolute atomic E-state index is 13.0. The molecule has 0 aliphatic carbocycles. The van der Waals surface area contributed by atoms with Gasteiger partial charge in [-0.2, -0.15) is 0 Å². The maximum atomic E-state index is 13.0. The molecule has 8 heteroatoms. The lowest BCUT2D eigenvalue weighted by molar-refractivity contribution is 0.0505. The Kier molecular flexibility index (Phi) is 6.34. The zero-order valence-corrected chi connectivity index (χ0v) is 19.6. The van der Waals surface area contributed by atoms with Gasteiger partial charge in [0.2, 0.25) is 0 Å². The average molecular weight is 478 g/mol. The summed E-state index contributed by atoms with van der Waals surface area (Å²) in [4.78, 5) is 39.8. The number of rotatable bonds is 7. The number of ether oxygens (including phenoxy) is 1. The number of fused-ring (bicyclic) bond motifs is 1. The highest BCUT2D eigenvalue weighted by Gasteiger charge is 2.38. The summed E-state index contributed by atoms with van der Waals surface area (Å²) in [5.41, 5.74) is 2.67. The number of imide groups is 1. The van der Waals surface area contributed by atoms with Crippen molar-refractivity contribution in [3.8, 4) is 0 Å². The summed E-state index contributed by atoms with van der Waals surface area (Å²) < 4.78 is 29.9. The highest BCUT2D eigenvalue weighted by Crippen LogP contribution is 2.32. The monoisotopic (exact) mass is 477 g/mol. The van der Waals surface area contributed by atoms with E-state index in [1.807, 2.05) is 26.0 Å². The lowest BCUT2D eigenvalue weighted by Crippen LogP contribution is -2.30. The van der Waals surface area contributed by atoms with Crippen LogP contribution in [0.5, 0.6) is 0 Å². The van der Waals surface area contributed by atoms with Crippen LogP contribution in [0.3, 0.4) is 0 Å². The molecule has 0 saturated heterocycles. The van der Waals surface area contributed by atoms with Gasteiger partial charge >= 0.3 is 5.97 Å². The molecule has 0 saturated carbocycles. The van der Waals surface area contributed by atoms with Gasteiger partial charge in [0, 0.05) is 0 Å². The first kappa shape index (κ1) is 23.4. The van der Waals surface area contributed by atoms with Crippen molar-refractivity contribution in [3.63, 3.8) is 0 Å². The summed E-state index contributed by atoms with van der Waals surface area (Å²) >= 11 is 0. The molecule has 3 aromatic rings. The molecule has 3 aromatic carbocycles. The maximum Gasteiger partial charge on any atom is 0.338 e. The van der Waals surface area contributed by atoms with Crippen molar-refractivity contribution in [3.05, 3.63) is 94.5 Å². The number of carbonyl (C=O) groups is 3. The van der Waals surface area contributed by atoms with Crippen LogP contribution in [0.15, 0.2) is 71.6 Å². The van der Waals surface area contributed by atoms with Crippen molar-refractivity contribution in [2.75, 3.05) is 17.3 Å². The van der Waals surface area contributed by atoms with Crippen LogP contribution in [-0.2, 0) is 14.6 Å². The number of carbonyl (C=O) groups excluding carboxylic acids is 3. The van der Waals surface area contributed by atoms with Gasteiger partial charge in [0.05, 0.1) is 39.6 Å². The molecule has 34 heavy (non-hydrogen) atoms. The standard InChI is InChI=1S/C26H23NO6S/c1-17-9-10-18(2)23(15-17)27-24(28)21-12-11-19(16-22(21)25(27)29)26(30)33-13-6-14-34(31,32)20-7-4-3-5-8-20/h3-5,7-12,15-16H,6,13-14H2,1-2H3. The molecule has 1 aliphatic heterocycles. The van der Waals surface area contributed by atoms with E-state index < -0.39 is 27.6 Å². The zero-order valence-electron chi connectivity index (χ0n) is 18.8. The zero-order chi connectivity index (χ0) is 24.5. The van der Waals surface area contributed by atoms with Crippen molar-refractivity contribution in [1.82, 2.24) is 0 Å². The second-order valence-corrected chi connectivity index (χ2v) is 10.2. The van der Waals surface area contributed by atoms with E-state index in [4.69, 9.17) is 4.74 Å². The van der Waals surface area contributed by atoms with Gasteiger partial charge in [0.1, 0.15) is 0 Å². The third-order valence-electron chi connectivity index (χ3n) is 5.62. The Balaban J connectivity index is 1.43. The number of benzene rings is 3. The van der Waals surface area contributed by atoms with E-state index in [9.17, 15) is 22.8 Å². The molecular weight excluding hydrogens is 454 g/mol. The quantitative estimate of drug-likeness (QED) is 0.288. The number of sulfone groups is 1. The van der Waals surface area contributed by atoms with Crippen molar-refractivity contribution in [2.45, 2.75) is 25.2 Å². The van der Waals surface area contributed by atoms with Gasteiger partial charge in [0.25, 0.3) is 11.8 Å². The number of aryl methyl sites for hydroxylation is 2. The van der Waals surface area contributed by atoms with Gasteiger partial charge in [-0.1, -0.05) is 30.3 Å². The van der Waals surface area contributed by atoms with Gasteiger partial charge in [-0.05, 0) is 67.8 Å². The Morgan fingerprint density at radius 1 is 0.882 bits per heavy atom.